The van der Waals surface area contributed by atoms with Crippen LogP contribution in [-0.2, 0) is 0 Å². The van der Waals surface area contributed by atoms with Crippen LogP contribution in [0.3, 0.4) is 0 Å². The molecule has 0 amide bonds. The molecule has 0 saturated heterocycles. The highest BCUT2D eigenvalue weighted by Crippen LogP contribution is 2.43. The van der Waals surface area contributed by atoms with E-state index >= 15 is 0 Å². The van der Waals surface area contributed by atoms with Crippen molar-refractivity contribution in [3.63, 3.8) is 0 Å². The van der Waals surface area contributed by atoms with E-state index in [4.69, 9.17) is 24.1 Å². The van der Waals surface area contributed by atoms with Crippen molar-refractivity contribution in [2.24, 2.45) is 0 Å². The van der Waals surface area contributed by atoms with E-state index in [-0.39, 0.29) is 6.23 Å². The molecule has 0 fully saturated rings. The van der Waals surface area contributed by atoms with Crippen LogP contribution in [0.4, 0.5) is 5.69 Å². The van der Waals surface area contributed by atoms with Gasteiger partial charge in [0, 0.05) is 54.7 Å². The number of nitrogens with one attached hydrogen (secondary N) is 1. The number of anilines is 1. The third-order valence-corrected chi connectivity index (χ3v) is 11.8. The lowest BCUT2D eigenvalue weighted by Crippen LogP contribution is -2.10. The Morgan fingerprint density at radius 2 is 1.10 bits per heavy atom. The SMILES string of the molecule is c1ccc(-c2nc(-c3cccc4oc5ccccc5c34)nc(-n3c4ccccc4c4ccc5c6ccccc6n(-c6ccc(C7Nc8ccccc8O7)cc6)c5c43)n2)cc1. The topological polar surface area (TPSA) is 82.9 Å². The number of para-hydroxylation sites is 5. The monoisotopic (exact) mass is 772 g/mol. The van der Waals surface area contributed by atoms with Crippen molar-refractivity contribution in [3.8, 4) is 40.2 Å². The predicted octanol–water partition coefficient (Wildman–Crippen LogP) is 12.8. The summed E-state index contributed by atoms with van der Waals surface area (Å²) >= 11 is 0. The van der Waals surface area contributed by atoms with Crippen molar-refractivity contribution in [2.45, 2.75) is 6.23 Å². The number of hydrogen-bond donors (Lipinski definition) is 1. The fraction of sp³-hybridized carbons (Fsp3) is 0.0192. The minimum absolute atomic E-state index is 0.272. The van der Waals surface area contributed by atoms with Gasteiger partial charge in [-0.05, 0) is 48.5 Å². The van der Waals surface area contributed by atoms with Gasteiger partial charge in [-0.1, -0.05) is 133 Å². The summed E-state index contributed by atoms with van der Waals surface area (Å²) in [5, 5.41) is 10.0. The van der Waals surface area contributed by atoms with Crippen molar-refractivity contribution in [1.82, 2.24) is 24.1 Å². The predicted molar refractivity (Wildman–Crippen MR) is 240 cm³/mol. The zero-order valence-electron chi connectivity index (χ0n) is 32.0. The summed E-state index contributed by atoms with van der Waals surface area (Å²) in [6, 6.07) is 62.8. The minimum atomic E-state index is -0.272. The quantitative estimate of drug-likeness (QED) is 0.188. The standard InChI is InChI=1S/C52H32N6O2/c1-2-13-31(14-3-1)49-54-50(39-18-12-24-45-46(39)38-17-6-10-22-43(38)59-45)56-52(55-49)58-42-21-9-5-16-35(42)37-30-29-36-34-15-4-8-20-41(34)57(47(36)48(37)58)33-27-25-32(26-28-33)51-53-40-19-7-11-23-44(40)60-51/h1-30,51,53H. The third kappa shape index (κ3) is 4.82. The highest BCUT2D eigenvalue weighted by Gasteiger charge is 2.26. The molecule has 12 aromatic rings. The van der Waals surface area contributed by atoms with Crippen LogP contribution in [0.2, 0.25) is 0 Å². The van der Waals surface area contributed by atoms with E-state index in [0.717, 1.165) is 99.4 Å². The Kier molecular flexibility index (Phi) is 6.91. The average Bonchev–Trinajstić information content (AvgIpc) is 4.08. The zero-order valence-corrected chi connectivity index (χ0v) is 32.0. The molecule has 0 saturated carbocycles. The first kappa shape index (κ1) is 32.8. The summed E-state index contributed by atoms with van der Waals surface area (Å²) in [6.07, 6.45) is -0.272. The smallest absolute Gasteiger partial charge is 0.238 e. The molecule has 60 heavy (non-hydrogen) atoms. The Labute approximate surface area is 342 Å². The van der Waals surface area contributed by atoms with Crippen molar-refractivity contribution < 1.29 is 9.15 Å². The van der Waals surface area contributed by atoms with E-state index in [0.29, 0.717) is 17.6 Å². The summed E-state index contributed by atoms with van der Waals surface area (Å²) in [6.45, 7) is 0. The molecule has 8 heteroatoms. The molecule has 1 aliphatic rings. The molecule has 8 aromatic carbocycles. The van der Waals surface area contributed by atoms with Crippen molar-refractivity contribution in [3.05, 3.63) is 188 Å². The maximum atomic E-state index is 6.34. The zero-order chi connectivity index (χ0) is 39.3. The first-order valence-electron chi connectivity index (χ1n) is 20.1. The van der Waals surface area contributed by atoms with Gasteiger partial charge >= 0.3 is 0 Å². The van der Waals surface area contributed by atoms with Crippen LogP contribution in [-0.4, -0.2) is 24.1 Å². The van der Waals surface area contributed by atoms with Crippen LogP contribution in [0.1, 0.15) is 11.8 Å². The first-order chi connectivity index (χ1) is 29.7. The summed E-state index contributed by atoms with van der Waals surface area (Å²) in [5.74, 6) is 2.53. The second-order valence-corrected chi connectivity index (χ2v) is 15.2. The van der Waals surface area contributed by atoms with Gasteiger partial charge in [0.1, 0.15) is 16.9 Å². The Bertz CT molecular complexity index is 3650. The second-order valence-electron chi connectivity index (χ2n) is 15.2. The van der Waals surface area contributed by atoms with Gasteiger partial charge in [-0.25, -0.2) is 4.98 Å². The summed E-state index contributed by atoms with van der Waals surface area (Å²) in [5.41, 5.74) is 10.6. The van der Waals surface area contributed by atoms with Crippen LogP contribution in [0.25, 0.3) is 100.0 Å². The molecule has 1 aliphatic heterocycles. The lowest BCUT2D eigenvalue weighted by Gasteiger charge is -2.15. The molecule has 13 rings (SSSR count). The van der Waals surface area contributed by atoms with E-state index in [1.165, 1.54) is 0 Å². The van der Waals surface area contributed by atoms with E-state index in [2.05, 4.69) is 112 Å². The number of hydrogen-bond acceptors (Lipinski definition) is 6. The van der Waals surface area contributed by atoms with Crippen LogP contribution in [0, 0.1) is 0 Å². The minimum Gasteiger partial charge on any atom is -0.464 e. The van der Waals surface area contributed by atoms with Crippen molar-refractivity contribution in [1.29, 1.82) is 0 Å². The molecular weight excluding hydrogens is 741 g/mol. The molecule has 0 spiro atoms. The number of fused-ring (bicyclic) bond motifs is 11. The molecular formula is C52H32N6O2. The molecule has 0 aliphatic carbocycles. The lowest BCUT2D eigenvalue weighted by atomic mass is 10.1. The summed E-state index contributed by atoms with van der Waals surface area (Å²) in [4.78, 5) is 15.9. The molecule has 282 valence electrons. The van der Waals surface area contributed by atoms with Crippen LogP contribution in [0.15, 0.2) is 186 Å². The fourth-order valence-corrected chi connectivity index (χ4v) is 9.18. The molecule has 0 radical (unpaired) electrons. The molecule has 0 bridgehead atoms. The maximum absolute atomic E-state index is 6.34. The van der Waals surface area contributed by atoms with E-state index in [9.17, 15) is 0 Å². The highest BCUT2D eigenvalue weighted by molar-refractivity contribution is 6.23. The number of aromatic nitrogens is 5. The summed E-state index contributed by atoms with van der Waals surface area (Å²) < 4.78 is 17.2. The number of nitrogens with zero attached hydrogens (tertiary/aromatic N) is 5. The van der Waals surface area contributed by atoms with E-state index in [1.807, 2.05) is 84.9 Å². The molecule has 4 aromatic heterocycles. The highest BCUT2D eigenvalue weighted by atomic mass is 16.5. The molecule has 8 nitrogen and oxygen atoms in total. The van der Waals surface area contributed by atoms with Crippen molar-refractivity contribution >= 4 is 71.2 Å². The van der Waals surface area contributed by atoms with E-state index in [1.54, 1.807) is 0 Å². The molecule has 1 N–H and O–H groups in total. The van der Waals surface area contributed by atoms with Crippen LogP contribution in [0.5, 0.6) is 5.75 Å². The molecule has 1 unspecified atom stereocenters. The number of ether oxygens (including phenoxy) is 1. The Balaban J connectivity index is 1.10. The van der Waals surface area contributed by atoms with Gasteiger partial charge in [-0.3, -0.25) is 4.57 Å². The van der Waals surface area contributed by atoms with Gasteiger partial charge in [-0.2, -0.15) is 9.97 Å². The number of rotatable bonds is 5. The number of furan rings is 1. The third-order valence-electron chi connectivity index (χ3n) is 11.8. The Hall–Kier alpha value is -8.23. The van der Waals surface area contributed by atoms with Crippen LogP contribution < -0.4 is 10.1 Å². The largest absolute Gasteiger partial charge is 0.464 e. The average molecular weight is 773 g/mol. The Morgan fingerprint density at radius 1 is 0.467 bits per heavy atom. The van der Waals surface area contributed by atoms with Gasteiger partial charge in [0.05, 0.1) is 27.8 Å². The normalized spacial score (nSPS) is 13.8. The number of benzene rings is 8. The van der Waals surface area contributed by atoms with Crippen LogP contribution >= 0.6 is 0 Å². The maximum Gasteiger partial charge on any atom is 0.238 e. The lowest BCUT2D eigenvalue weighted by molar-refractivity contribution is 0.260. The molecule has 1 atom stereocenters. The molecule has 5 heterocycles. The Morgan fingerprint density at radius 3 is 1.88 bits per heavy atom. The first-order valence-corrected chi connectivity index (χ1v) is 20.1. The van der Waals surface area contributed by atoms with Gasteiger partial charge in [0.25, 0.3) is 0 Å². The van der Waals surface area contributed by atoms with Gasteiger partial charge in [0.2, 0.25) is 5.95 Å². The van der Waals surface area contributed by atoms with Gasteiger partial charge in [-0.15, -0.1) is 0 Å². The van der Waals surface area contributed by atoms with Crippen molar-refractivity contribution in [2.75, 3.05) is 5.32 Å². The van der Waals surface area contributed by atoms with E-state index < -0.39 is 0 Å². The summed E-state index contributed by atoms with van der Waals surface area (Å²) in [7, 11) is 0. The van der Waals surface area contributed by atoms with Gasteiger partial charge in [0.15, 0.2) is 17.9 Å². The van der Waals surface area contributed by atoms with Gasteiger partial charge < -0.3 is 19.0 Å². The fourth-order valence-electron chi connectivity index (χ4n) is 9.18. The second kappa shape index (κ2) is 12.6.